The van der Waals surface area contributed by atoms with E-state index in [2.05, 4.69) is 50.0 Å². The summed E-state index contributed by atoms with van der Waals surface area (Å²) in [5, 5.41) is 5.41. The smallest absolute Gasteiger partial charge is 0.259 e. The maximum atomic E-state index is 12.2. The Morgan fingerprint density at radius 1 is 1.42 bits per heavy atom. The molecule has 2 atom stereocenters. The lowest BCUT2D eigenvalue weighted by molar-refractivity contribution is -0.0707. The van der Waals surface area contributed by atoms with Gasteiger partial charge in [-0.2, -0.15) is 0 Å². The normalized spacial score (nSPS) is 21.6. The average Bonchev–Trinajstić information content (AvgIpc) is 2.93. The van der Waals surface area contributed by atoms with Crippen molar-refractivity contribution in [1.29, 1.82) is 0 Å². The van der Waals surface area contributed by atoms with E-state index in [4.69, 9.17) is 4.74 Å². The van der Waals surface area contributed by atoms with Crippen molar-refractivity contribution in [1.82, 2.24) is 14.9 Å². The number of hydrogen-bond acceptors (Lipinski definition) is 6. The van der Waals surface area contributed by atoms with Gasteiger partial charge in [-0.05, 0) is 35.8 Å². The Balaban J connectivity index is 1.60. The second kappa shape index (κ2) is 7.69. The van der Waals surface area contributed by atoms with Gasteiger partial charge in [0.05, 0.1) is 23.5 Å². The van der Waals surface area contributed by atoms with Crippen molar-refractivity contribution in [2.24, 2.45) is 0 Å². The molecule has 128 valence electrons. The molecule has 1 saturated heterocycles. The van der Waals surface area contributed by atoms with E-state index in [9.17, 15) is 4.79 Å². The Morgan fingerprint density at radius 2 is 2.17 bits per heavy atom. The van der Waals surface area contributed by atoms with Gasteiger partial charge in [0.1, 0.15) is 0 Å². The van der Waals surface area contributed by atoms with Gasteiger partial charge in [0.2, 0.25) is 0 Å². The third-order valence-electron chi connectivity index (χ3n) is 3.62. The van der Waals surface area contributed by atoms with Gasteiger partial charge in [0, 0.05) is 41.9 Å². The van der Waals surface area contributed by atoms with Crippen LogP contribution in [0.15, 0.2) is 28.3 Å². The number of thiazole rings is 1. The van der Waals surface area contributed by atoms with Crippen LogP contribution in [0.25, 0.3) is 0 Å². The molecule has 0 aromatic carbocycles. The van der Waals surface area contributed by atoms with Gasteiger partial charge in [-0.25, -0.2) is 4.98 Å². The molecule has 3 heterocycles. The zero-order valence-electron chi connectivity index (χ0n) is 13.5. The molecule has 1 fully saturated rings. The van der Waals surface area contributed by atoms with Crippen molar-refractivity contribution in [3.8, 4) is 0 Å². The number of halogens is 1. The predicted octanol–water partition coefficient (Wildman–Crippen LogP) is 3.16. The minimum Gasteiger partial charge on any atom is -0.373 e. The number of amides is 1. The second-order valence-corrected chi connectivity index (χ2v) is 7.72. The number of nitrogens with one attached hydrogen (secondary N) is 1. The summed E-state index contributed by atoms with van der Waals surface area (Å²) in [6, 6.07) is 1.73. The van der Waals surface area contributed by atoms with E-state index in [0.717, 1.165) is 29.8 Å². The van der Waals surface area contributed by atoms with Crippen LogP contribution in [0.3, 0.4) is 0 Å². The first-order chi connectivity index (χ1) is 11.5. The Labute approximate surface area is 153 Å². The number of carbonyl (C=O) groups is 1. The number of aromatic nitrogens is 2. The van der Waals surface area contributed by atoms with Crippen molar-refractivity contribution in [2.45, 2.75) is 32.6 Å². The molecule has 8 heteroatoms. The lowest BCUT2D eigenvalue weighted by Crippen LogP contribution is -2.44. The van der Waals surface area contributed by atoms with Crippen LogP contribution >= 0.6 is 27.3 Å². The molecular formula is C16H19BrN4O2S. The van der Waals surface area contributed by atoms with Crippen molar-refractivity contribution < 1.29 is 9.53 Å². The van der Waals surface area contributed by atoms with Crippen LogP contribution in [0, 0.1) is 0 Å². The third kappa shape index (κ3) is 4.60. The van der Waals surface area contributed by atoms with Gasteiger partial charge in [0.25, 0.3) is 5.91 Å². The number of rotatable bonds is 4. The molecule has 1 N–H and O–H groups in total. The summed E-state index contributed by atoms with van der Waals surface area (Å²) >= 11 is 4.75. The number of carbonyl (C=O) groups excluding carboxylic acids is 1. The Kier molecular flexibility index (Phi) is 5.60. The fourth-order valence-electron chi connectivity index (χ4n) is 2.78. The summed E-state index contributed by atoms with van der Waals surface area (Å²) in [5.74, 6) is -0.210. The van der Waals surface area contributed by atoms with E-state index in [-0.39, 0.29) is 18.1 Å². The van der Waals surface area contributed by atoms with Crippen LogP contribution in [0.2, 0.25) is 0 Å². The van der Waals surface area contributed by atoms with E-state index in [1.807, 2.05) is 5.38 Å². The van der Waals surface area contributed by atoms with Gasteiger partial charge in [-0.15, -0.1) is 11.3 Å². The third-order valence-corrected chi connectivity index (χ3v) is 4.86. The fourth-order valence-corrected chi connectivity index (χ4v) is 3.85. The minimum atomic E-state index is -0.210. The number of morpholine rings is 1. The lowest BCUT2D eigenvalue weighted by Gasteiger charge is -2.34. The van der Waals surface area contributed by atoms with Crippen LogP contribution in [0.5, 0.6) is 0 Å². The van der Waals surface area contributed by atoms with Crippen molar-refractivity contribution in [3.05, 3.63) is 39.6 Å². The molecule has 1 aliphatic heterocycles. The number of ether oxygens (including phenoxy) is 1. The maximum Gasteiger partial charge on any atom is 0.259 e. The SMILES string of the molecule is CC1CN(Cc2csc(NC(=O)c3cncc(Br)c3)n2)CC(C)O1. The first-order valence-corrected chi connectivity index (χ1v) is 9.41. The number of hydrogen-bond donors (Lipinski definition) is 1. The molecule has 24 heavy (non-hydrogen) atoms. The van der Waals surface area contributed by atoms with Crippen LogP contribution in [0.4, 0.5) is 5.13 Å². The van der Waals surface area contributed by atoms with Crippen molar-refractivity contribution in [2.75, 3.05) is 18.4 Å². The number of nitrogens with zero attached hydrogens (tertiary/aromatic N) is 3. The zero-order valence-corrected chi connectivity index (χ0v) is 15.9. The molecule has 2 aromatic heterocycles. The molecule has 0 bridgehead atoms. The molecule has 1 amide bonds. The average molecular weight is 411 g/mol. The highest BCUT2D eigenvalue weighted by atomic mass is 79.9. The second-order valence-electron chi connectivity index (χ2n) is 5.94. The van der Waals surface area contributed by atoms with Gasteiger partial charge >= 0.3 is 0 Å². The van der Waals surface area contributed by atoms with E-state index in [1.54, 1.807) is 12.3 Å². The zero-order chi connectivity index (χ0) is 17.1. The van der Waals surface area contributed by atoms with Crippen molar-refractivity contribution >= 4 is 38.3 Å². The first-order valence-electron chi connectivity index (χ1n) is 7.73. The molecule has 2 unspecified atom stereocenters. The molecule has 3 rings (SSSR count). The minimum absolute atomic E-state index is 0.210. The molecule has 2 aromatic rings. The predicted molar refractivity (Wildman–Crippen MR) is 97.3 cm³/mol. The molecule has 0 radical (unpaired) electrons. The molecule has 0 spiro atoms. The van der Waals surface area contributed by atoms with Crippen LogP contribution in [0.1, 0.15) is 29.9 Å². The number of anilines is 1. The largest absolute Gasteiger partial charge is 0.373 e. The van der Waals surface area contributed by atoms with E-state index >= 15 is 0 Å². The van der Waals surface area contributed by atoms with Gasteiger partial charge in [0.15, 0.2) is 5.13 Å². The molecule has 0 saturated carbocycles. The van der Waals surface area contributed by atoms with Crippen molar-refractivity contribution in [3.63, 3.8) is 0 Å². The van der Waals surface area contributed by atoms with E-state index in [0.29, 0.717) is 10.7 Å². The number of pyridine rings is 1. The van der Waals surface area contributed by atoms with Crippen LogP contribution < -0.4 is 5.32 Å². The summed E-state index contributed by atoms with van der Waals surface area (Å²) in [4.78, 5) is 23.1. The molecule has 0 aliphatic carbocycles. The fraction of sp³-hybridized carbons (Fsp3) is 0.438. The highest BCUT2D eigenvalue weighted by molar-refractivity contribution is 9.10. The Morgan fingerprint density at radius 3 is 2.88 bits per heavy atom. The Bertz CT molecular complexity index is 714. The maximum absolute atomic E-state index is 12.2. The van der Waals surface area contributed by atoms with E-state index < -0.39 is 0 Å². The summed E-state index contributed by atoms with van der Waals surface area (Å²) < 4.78 is 6.51. The quantitative estimate of drug-likeness (QED) is 0.837. The summed E-state index contributed by atoms with van der Waals surface area (Å²) in [6.07, 6.45) is 3.64. The van der Waals surface area contributed by atoms with Gasteiger partial charge < -0.3 is 4.74 Å². The highest BCUT2D eigenvalue weighted by Gasteiger charge is 2.22. The topological polar surface area (TPSA) is 67.4 Å². The van der Waals surface area contributed by atoms with Gasteiger partial charge in [-0.1, -0.05) is 0 Å². The summed E-state index contributed by atoms with van der Waals surface area (Å²) in [6.45, 7) is 6.73. The molecule has 6 nitrogen and oxygen atoms in total. The molecule has 1 aliphatic rings. The lowest BCUT2D eigenvalue weighted by atomic mass is 10.2. The van der Waals surface area contributed by atoms with Crippen LogP contribution in [-0.2, 0) is 11.3 Å². The van der Waals surface area contributed by atoms with E-state index in [1.165, 1.54) is 17.5 Å². The highest BCUT2D eigenvalue weighted by Crippen LogP contribution is 2.20. The first kappa shape index (κ1) is 17.5. The standard InChI is InChI=1S/C16H19BrN4O2S/c1-10-6-21(7-11(2)23-10)8-14-9-24-16(19-14)20-15(22)12-3-13(17)5-18-4-12/h3-5,9-11H,6-8H2,1-2H3,(H,19,20,22). The Hall–Kier alpha value is -1.35. The monoisotopic (exact) mass is 410 g/mol. The summed E-state index contributed by atoms with van der Waals surface area (Å²) in [7, 11) is 0. The van der Waals surface area contributed by atoms with Gasteiger partial charge in [-0.3, -0.25) is 20.0 Å². The molecular weight excluding hydrogens is 392 g/mol. The summed E-state index contributed by atoms with van der Waals surface area (Å²) in [5.41, 5.74) is 1.46. The van der Waals surface area contributed by atoms with Crippen LogP contribution in [-0.4, -0.2) is 46.1 Å².